The van der Waals surface area contributed by atoms with Gasteiger partial charge in [-0.1, -0.05) is 11.6 Å². The van der Waals surface area contributed by atoms with E-state index in [0.29, 0.717) is 18.0 Å². The Morgan fingerprint density at radius 2 is 2.38 bits per heavy atom. The standard InChI is InChI=1S/C11H18ClN3O/c1-8-10(12)9(15(2)14-8)6-11(16)4-3-5-13-7-11/h13,16H,3-7H2,1-2H3. The second-order valence-electron chi connectivity index (χ2n) is 4.65. The van der Waals surface area contributed by atoms with Crippen LogP contribution in [0.3, 0.4) is 0 Å². The Balaban J connectivity index is 2.19. The van der Waals surface area contributed by atoms with Gasteiger partial charge in [0, 0.05) is 20.0 Å². The molecule has 16 heavy (non-hydrogen) atoms. The molecule has 90 valence electrons. The average Bonchev–Trinajstić information content (AvgIpc) is 2.46. The first-order valence-electron chi connectivity index (χ1n) is 5.63. The van der Waals surface area contributed by atoms with Crippen LogP contribution in [0.1, 0.15) is 24.2 Å². The van der Waals surface area contributed by atoms with Crippen molar-refractivity contribution >= 4 is 11.6 Å². The molecule has 0 amide bonds. The maximum atomic E-state index is 10.4. The SMILES string of the molecule is Cc1nn(C)c(CC2(O)CCCNC2)c1Cl. The van der Waals surface area contributed by atoms with Gasteiger partial charge in [-0.05, 0) is 26.3 Å². The summed E-state index contributed by atoms with van der Waals surface area (Å²) >= 11 is 6.18. The van der Waals surface area contributed by atoms with Gasteiger partial charge < -0.3 is 10.4 Å². The molecule has 0 spiro atoms. The van der Waals surface area contributed by atoms with Crippen molar-refractivity contribution in [2.75, 3.05) is 13.1 Å². The fourth-order valence-electron chi connectivity index (χ4n) is 2.29. The quantitative estimate of drug-likeness (QED) is 0.816. The van der Waals surface area contributed by atoms with Crippen molar-refractivity contribution in [2.24, 2.45) is 7.05 Å². The molecule has 0 saturated carbocycles. The van der Waals surface area contributed by atoms with Gasteiger partial charge in [0.2, 0.25) is 0 Å². The van der Waals surface area contributed by atoms with E-state index in [4.69, 9.17) is 11.6 Å². The highest BCUT2D eigenvalue weighted by Gasteiger charge is 2.31. The fraction of sp³-hybridized carbons (Fsp3) is 0.727. The molecule has 0 aromatic carbocycles. The lowest BCUT2D eigenvalue weighted by Crippen LogP contribution is -2.47. The molecule has 1 atom stereocenters. The van der Waals surface area contributed by atoms with Crippen LogP contribution in [-0.4, -0.2) is 33.6 Å². The molecule has 5 heteroatoms. The number of nitrogens with one attached hydrogen (secondary N) is 1. The zero-order valence-electron chi connectivity index (χ0n) is 9.76. The van der Waals surface area contributed by atoms with Gasteiger partial charge in [0.05, 0.1) is 22.0 Å². The molecule has 2 heterocycles. The first-order valence-corrected chi connectivity index (χ1v) is 6.01. The molecule has 2 rings (SSSR count). The summed E-state index contributed by atoms with van der Waals surface area (Å²) < 4.78 is 1.77. The first kappa shape index (κ1) is 11.9. The van der Waals surface area contributed by atoms with Crippen LogP contribution in [0.5, 0.6) is 0 Å². The molecule has 1 fully saturated rings. The smallest absolute Gasteiger partial charge is 0.0848 e. The highest BCUT2D eigenvalue weighted by molar-refractivity contribution is 6.31. The highest BCUT2D eigenvalue weighted by Crippen LogP contribution is 2.27. The molecule has 1 aliphatic heterocycles. The number of aliphatic hydroxyl groups is 1. The van der Waals surface area contributed by atoms with Gasteiger partial charge >= 0.3 is 0 Å². The van der Waals surface area contributed by atoms with Gasteiger partial charge in [0.1, 0.15) is 0 Å². The van der Waals surface area contributed by atoms with E-state index in [1.54, 1.807) is 4.68 Å². The predicted octanol–water partition coefficient (Wildman–Crippen LogP) is 1.04. The number of β-amino-alcohol motifs (C(OH)–C–C–N with tert-alkyl or cyclic N) is 1. The maximum absolute atomic E-state index is 10.4. The van der Waals surface area contributed by atoms with Crippen molar-refractivity contribution < 1.29 is 5.11 Å². The van der Waals surface area contributed by atoms with Gasteiger partial charge in [0.25, 0.3) is 0 Å². The summed E-state index contributed by atoms with van der Waals surface area (Å²) in [5, 5.41) is 18.6. The van der Waals surface area contributed by atoms with Crippen molar-refractivity contribution in [1.82, 2.24) is 15.1 Å². The number of halogens is 1. The van der Waals surface area contributed by atoms with Crippen LogP contribution in [-0.2, 0) is 13.5 Å². The van der Waals surface area contributed by atoms with Crippen LogP contribution in [0.15, 0.2) is 0 Å². The summed E-state index contributed by atoms with van der Waals surface area (Å²) in [5.41, 5.74) is 1.07. The van der Waals surface area contributed by atoms with Gasteiger partial charge in [-0.25, -0.2) is 0 Å². The van der Waals surface area contributed by atoms with Crippen LogP contribution in [0.4, 0.5) is 0 Å². The summed E-state index contributed by atoms with van der Waals surface area (Å²) in [5.74, 6) is 0. The molecule has 1 unspecified atom stereocenters. The van der Waals surface area contributed by atoms with E-state index in [-0.39, 0.29) is 0 Å². The van der Waals surface area contributed by atoms with Gasteiger partial charge in [0.15, 0.2) is 0 Å². The normalized spacial score (nSPS) is 26.0. The minimum atomic E-state index is -0.678. The highest BCUT2D eigenvalue weighted by atomic mass is 35.5. The van der Waals surface area contributed by atoms with Crippen molar-refractivity contribution in [3.63, 3.8) is 0 Å². The van der Waals surface area contributed by atoms with Crippen LogP contribution in [0.2, 0.25) is 5.02 Å². The predicted molar refractivity (Wildman–Crippen MR) is 63.7 cm³/mol. The van der Waals surface area contributed by atoms with E-state index < -0.39 is 5.60 Å². The summed E-state index contributed by atoms with van der Waals surface area (Å²) in [6.07, 6.45) is 2.39. The maximum Gasteiger partial charge on any atom is 0.0848 e. The topological polar surface area (TPSA) is 50.1 Å². The third-order valence-corrected chi connectivity index (χ3v) is 3.70. The molecular weight excluding hydrogens is 226 g/mol. The number of piperidine rings is 1. The molecule has 0 bridgehead atoms. The fourth-order valence-corrected chi connectivity index (χ4v) is 2.51. The van der Waals surface area contributed by atoms with E-state index in [9.17, 15) is 5.11 Å². The minimum Gasteiger partial charge on any atom is -0.388 e. The van der Waals surface area contributed by atoms with Gasteiger partial charge in [-0.3, -0.25) is 4.68 Å². The van der Waals surface area contributed by atoms with Crippen LogP contribution >= 0.6 is 11.6 Å². The number of nitrogens with zero attached hydrogens (tertiary/aromatic N) is 2. The summed E-state index contributed by atoms with van der Waals surface area (Å²) in [7, 11) is 1.87. The molecule has 4 nitrogen and oxygen atoms in total. The summed E-state index contributed by atoms with van der Waals surface area (Å²) in [4.78, 5) is 0. The lowest BCUT2D eigenvalue weighted by atomic mass is 9.89. The molecule has 1 aromatic heterocycles. The average molecular weight is 244 g/mol. The number of aromatic nitrogens is 2. The summed E-state index contributed by atoms with van der Waals surface area (Å²) in [6.45, 7) is 3.50. The molecule has 1 aromatic rings. The Hall–Kier alpha value is -0.580. The Kier molecular flexibility index (Phi) is 3.24. The molecule has 2 N–H and O–H groups in total. The van der Waals surface area contributed by atoms with Crippen LogP contribution in [0, 0.1) is 6.92 Å². The van der Waals surface area contributed by atoms with Gasteiger partial charge in [-0.2, -0.15) is 5.10 Å². The third kappa shape index (κ3) is 2.24. The Bertz CT molecular complexity index is 383. The third-order valence-electron chi connectivity index (χ3n) is 3.21. The zero-order valence-corrected chi connectivity index (χ0v) is 10.5. The number of aryl methyl sites for hydroxylation is 2. The lowest BCUT2D eigenvalue weighted by molar-refractivity contribution is 0.0153. The second-order valence-corrected chi connectivity index (χ2v) is 5.03. The van der Waals surface area contributed by atoms with E-state index in [0.717, 1.165) is 30.8 Å². The zero-order chi connectivity index (χ0) is 11.8. The number of rotatable bonds is 2. The number of hydrogen-bond acceptors (Lipinski definition) is 3. The second kappa shape index (κ2) is 4.35. The van der Waals surface area contributed by atoms with Crippen LogP contribution < -0.4 is 5.32 Å². The lowest BCUT2D eigenvalue weighted by Gasteiger charge is -2.32. The van der Waals surface area contributed by atoms with Crippen molar-refractivity contribution in [2.45, 2.75) is 31.8 Å². The van der Waals surface area contributed by atoms with Crippen molar-refractivity contribution in [1.29, 1.82) is 0 Å². The van der Waals surface area contributed by atoms with E-state index in [2.05, 4.69) is 10.4 Å². The number of hydrogen-bond donors (Lipinski definition) is 2. The molecule has 1 saturated heterocycles. The van der Waals surface area contributed by atoms with Crippen molar-refractivity contribution in [3.05, 3.63) is 16.4 Å². The minimum absolute atomic E-state index is 0.566. The largest absolute Gasteiger partial charge is 0.388 e. The van der Waals surface area contributed by atoms with Crippen molar-refractivity contribution in [3.8, 4) is 0 Å². The molecule has 0 radical (unpaired) electrons. The monoisotopic (exact) mass is 243 g/mol. The molecule has 1 aliphatic rings. The van der Waals surface area contributed by atoms with E-state index in [1.807, 2.05) is 14.0 Å². The Morgan fingerprint density at radius 3 is 2.88 bits per heavy atom. The first-order chi connectivity index (χ1) is 7.52. The molecular formula is C11H18ClN3O. The van der Waals surface area contributed by atoms with Gasteiger partial charge in [-0.15, -0.1) is 0 Å². The molecule has 0 aliphatic carbocycles. The van der Waals surface area contributed by atoms with E-state index >= 15 is 0 Å². The van der Waals surface area contributed by atoms with E-state index in [1.165, 1.54) is 0 Å². The Labute approximate surface area is 101 Å². The van der Waals surface area contributed by atoms with Crippen LogP contribution in [0.25, 0.3) is 0 Å². The summed E-state index contributed by atoms with van der Waals surface area (Å²) in [6, 6.07) is 0. The Morgan fingerprint density at radius 1 is 1.62 bits per heavy atom.